The number of alkyl halides is 2. The molecule has 0 aliphatic rings. The first-order valence-corrected chi connectivity index (χ1v) is 7.43. The highest BCUT2D eigenvalue weighted by Crippen LogP contribution is 2.29. The van der Waals surface area contributed by atoms with Gasteiger partial charge < -0.3 is 10.1 Å². The van der Waals surface area contributed by atoms with Gasteiger partial charge in [-0.05, 0) is 51.8 Å². The Kier molecular flexibility index (Phi) is 5.67. The summed E-state index contributed by atoms with van der Waals surface area (Å²) >= 11 is 15.1. The number of hydrogen-bond acceptors (Lipinski definition) is 2. The lowest BCUT2D eigenvalue weighted by Gasteiger charge is -2.11. The van der Waals surface area contributed by atoms with Crippen LogP contribution in [0.5, 0.6) is 5.75 Å². The Morgan fingerprint density at radius 2 is 1.86 bits per heavy atom. The largest absolute Gasteiger partial charge is 0.433 e. The van der Waals surface area contributed by atoms with Crippen LogP contribution in [0.4, 0.5) is 14.5 Å². The second kappa shape index (κ2) is 7.29. The van der Waals surface area contributed by atoms with Crippen molar-refractivity contribution in [2.45, 2.75) is 13.2 Å². The van der Waals surface area contributed by atoms with E-state index in [1.807, 2.05) is 12.1 Å². The van der Waals surface area contributed by atoms with Gasteiger partial charge in [-0.25, -0.2) is 0 Å². The molecule has 0 bridgehead atoms. The molecule has 112 valence electrons. The monoisotopic (exact) mass is 395 g/mol. The van der Waals surface area contributed by atoms with E-state index >= 15 is 0 Å². The van der Waals surface area contributed by atoms with E-state index < -0.39 is 6.61 Å². The van der Waals surface area contributed by atoms with Crippen LogP contribution in [-0.4, -0.2) is 6.61 Å². The molecule has 2 rings (SSSR count). The molecule has 0 atom stereocenters. The van der Waals surface area contributed by atoms with E-state index in [1.54, 1.807) is 12.1 Å². The Morgan fingerprint density at radius 1 is 1.10 bits per heavy atom. The first-order valence-electron chi connectivity index (χ1n) is 5.88. The smallest absolute Gasteiger partial charge is 0.387 e. The fraction of sp³-hybridized carbons (Fsp3) is 0.143. The highest BCUT2D eigenvalue weighted by Gasteiger charge is 2.09. The lowest BCUT2D eigenvalue weighted by Crippen LogP contribution is -2.03. The normalized spacial score (nSPS) is 10.8. The van der Waals surface area contributed by atoms with Crippen LogP contribution in [0.3, 0.4) is 0 Å². The molecule has 0 amide bonds. The van der Waals surface area contributed by atoms with Crippen molar-refractivity contribution in [3.63, 3.8) is 0 Å². The van der Waals surface area contributed by atoms with Crippen LogP contribution in [0.1, 0.15) is 5.56 Å². The fourth-order valence-corrected chi connectivity index (χ4v) is 2.42. The molecule has 0 aliphatic heterocycles. The van der Waals surface area contributed by atoms with Crippen LogP contribution >= 0.6 is 39.1 Å². The summed E-state index contributed by atoms with van der Waals surface area (Å²) in [7, 11) is 0. The van der Waals surface area contributed by atoms with Crippen molar-refractivity contribution in [1.29, 1.82) is 0 Å². The van der Waals surface area contributed by atoms with Crippen LogP contribution in [0.2, 0.25) is 10.0 Å². The van der Waals surface area contributed by atoms with Gasteiger partial charge in [-0.15, -0.1) is 0 Å². The van der Waals surface area contributed by atoms with E-state index in [9.17, 15) is 8.78 Å². The Balaban J connectivity index is 2.03. The number of benzene rings is 2. The van der Waals surface area contributed by atoms with E-state index in [2.05, 4.69) is 26.0 Å². The number of halogens is 5. The SMILES string of the molecule is FC(F)Oc1ccc(NCc2ccc(Cl)c(Br)c2)cc1Cl. The number of nitrogens with one attached hydrogen (secondary N) is 1. The van der Waals surface area contributed by atoms with Crippen molar-refractivity contribution >= 4 is 44.8 Å². The molecule has 0 fully saturated rings. The standard InChI is InChI=1S/C14H10BrCl2F2NO/c15-10-5-8(1-3-11(10)16)7-20-9-2-4-13(12(17)6-9)21-14(18)19/h1-6,14,20H,7H2. The molecule has 0 radical (unpaired) electrons. The first-order chi connectivity index (χ1) is 9.95. The minimum absolute atomic E-state index is 0.0496. The third-order valence-electron chi connectivity index (χ3n) is 2.63. The molecule has 0 unspecified atom stereocenters. The summed E-state index contributed by atoms with van der Waals surface area (Å²) in [4.78, 5) is 0. The Morgan fingerprint density at radius 3 is 2.48 bits per heavy atom. The maximum atomic E-state index is 12.1. The molecule has 0 saturated carbocycles. The second-order valence-electron chi connectivity index (χ2n) is 4.13. The van der Waals surface area contributed by atoms with Gasteiger partial charge in [0.15, 0.2) is 0 Å². The number of rotatable bonds is 5. The maximum Gasteiger partial charge on any atom is 0.387 e. The van der Waals surface area contributed by atoms with Gasteiger partial charge in [0.25, 0.3) is 0 Å². The predicted molar refractivity (Wildman–Crippen MR) is 84.6 cm³/mol. The molecular weight excluding hydrogens is 387 g/mol. The second-order valence-corrected chi connectivity index (χ2v) is 5.79. The number of hydrogen-bond donors (Lipinski definition) is 1. The summed E-state index contributed by atoms with van der Waals surface area (Å²) in [6.07, 6.45) is 0. The molecule has 2 aromatic carbocycles. The summed E-state index contributed by atoms with van der Waals surface area (Å²) in [6.45, 7) is -2.35. The molecule has 2 nitrogen and oxygen atoms in total. The van der Waals surface area contributed by atoms with Gasteiger partial charge in [-0.2, -0.15) is 8.78 Å². The van der Waals surface area contributed by atoms with E-state index in [1.165, 1.54) is 12.1 Å². The van der Waals surface area contributed by atoms with Crippen molar-refractivity contribution < 1.29 is 13.5 Å². The number of anilines is 1. The molecule has 7 heteroatoms. The summed E-state index contributed by atoms with van der Waals surface area (Å²) in [6, 6.07) is 10.1. The zero-order valence-corrected chi connectivity index (χ0v) is 13.6. The zero-order valence-electron chi connectivity index (χ0n) is 10.5. The van der Waals surface area contributed by atoms with Crippen LogP contribution in [-0.2, 0) is 6.54 Å². The molecule has 2 aromatic rings. The Hall–Kier alpha value is -1.04. The molecule has 1 N–H and O–H groups in total. The zero-order chi connectivity index (χ0) is 15.4. The van der Waals surface area contributed by atoms with E-state index in [-0.39, 0.29) is 10.8 Å². The quantitative estimate of drug-likeness (QED) is 0.672. The van der Waals surface area contributed by atoms with Gasteiger partial charge in [0.2, 0.25) is 0 Å². The van der Waals surface area contributed by atoms with Crippen molar-refractivity contribution in [2.24, 2.45) is 0 Å². The molecular formula is C14H10BrCl2F2NO. The van der Waals surface area contributed by atoms with E-state index in [4.69, 9.17) is 23.2 Å². The average molecular weight is 397 g/mol. The molecule has 0 aliphatic carbocycles. The van der Waals surface area contributed by atoms with Crippen LogP contribution in [0, 0.1) is 0 Å². The summed E-state index contributed by atoms with van der Waals surface area (Å²) < 4.78 is 29.3. The molecule has 0 heterocycles. The average Bonchev–Trinajstić information content (AvgIpc) is 2.42. The highest BCUT2D eigenvalue weighted by molar-refractivity contribution is 9.10. The number of ether oxygens (including phenoxy) is 1. The van der Waals surface area contributed by atoms with Gasteiger partial charge in [-0.1, -0.05) is 29.3 Å². The summed E-state index contributed by atoms with van der Waals surface area (Å²) in [5.74, 6) is -0.0496. The van der Waals surface area contributed by atoms with Crippen molar-refractivity contribution in [3.05, 3.63) is 56.5 Å². The minimum Gasteiger partial charge on any atom is -0.433 e. The van der Waals surface area contributed by atoms with Gasteiger partial charge in [0.05, 0.1) is 10.0 Å². The van der Waals surface area contributed by atoms with Crippen molar-refractivity contribution in [3.8, 4) is 5.75 Å². The minimum atomic E-state index is -2.90. The molecule has 0 spiro atoms. The molecule has 0 saturated heterocycles. The molecule has 0 aromatic heterocycles. The Bertz CT molecular complexity index is 640. The lowest BCUT2D eigenvalue weighted by molar-refractivity contribution is -0.0497. The first kappa shape index (κ1) is 16.3. The van der Waals surface area contributed by atoms with Crippen molar-refractivity contribution in [1.82, 2.24) is 0 Å². The Labute approximate surface area is 139 Å². The lowest BCUT2D eigenvalue weighted by atomic mass is 10.2. The summed E-state index contributed by atoms with van der Waals surface area (Å²) in [5.41, 5.74) is 1.71. The van der Waals surface area contributed by atoms with Crippen LogP contribution in [0.25, 0.3) is 0 Å². The topological polar surface area (TPSA) is 21.3 Å². The fourth-order valence-electron chi connectivity index (χ4n) is 1.66. The van der Waals surface area contributed by atoms with Crippen molar-refractivity contribution in [2.75, 3.05) is 5.32 Å². The maximum absolute atomic E-state index is 12.1. The van der Waals surface area contributed by atoms with E-state index in [0.717, 1.165) is 10.0 Å². The predicted octanol–water partition coefficient (Wildman–Crippen LogP) is 5.97. The molecule has 21 heavy (non-hydrogen) atoms. The third-order valence-corrected chi connectivity index (χ3v) is 4.14. The van der Waals surface area contributed by atoms with E-state index in [0.29, 0.717) is 17.3 Å². The summed E-state index contributed by atoms with van der Waals surface area (Å²) in [5, 5.41) is 3.89. The van der Waals surface area contributed by atoms with Gasteiger partial charge >= 0.3 is 6.61 Å². The van der Waals surface area contributed by atoms with Gasteiger partial charge in [0, 0.05) is 16.7 Å². The third kappa shape index (κ3) is 4.73. The van der Waals surface area contributed by atoms with Gasteiger partial charge in [-0.3, -0.25) is 0 Å². The van der Waals surface area contributed by atoms with Crippen LogP contribution in [0.15, 0.2) is 40.9 Å². The van der Waals surface area contributed by atoms with Gasteiger partial charge in [0.1, 0.15) is 5.75 Å². The highest BCUT2D eigenvalue weighted by atomic mass is 79.9. The van der Waals surface area contributed by atoms with Crippen LogP contribution < -0.4 is 10.1 Å².